The molecule has 0 aliphatic heterocycles. The van der Waals surface area contributed by atoms with Gasteiger partial charge in [-0.1, -0.05) is 37.1 Å². The Hall–Kier alpha value is -2.84. The number of carbonyl (C=O) groups is 1. The highest BCUT2D eigenvalue weighted by Crippen LogP contribution is 2.08. The number of hydrazone groups is 1. The SMILES string of the molecule is CCC/C=C(C)/C=N\NC(=O)c1ccc[n+](C)c1.Cc1ccc(S(=O)(=O)[O-])cc1. The van der Waals surface area contributed by atoms with Gasteiger partial charge < -0.3 is 4.55 Å². The van der Waals surface area contributed by atoms with E-state index < -0.39 is 10.1 Å². The fraction of sp³-hybridized carbons (Fsp3) is 0.286. The Bertz CT molecular complexity index is 966. The molecule has 7 nitrogen and oxygen atoms in total. The Balaban J connectivity index is 0.000000326. The van der Waals surface area contributed by atoms with Crippen LogP contribution in [0.4, 0.5) is 0 Å². The predicted molar refractivity (Wildman–Crippen MR) is 111 cm³/mol. The zero-order valence-electron chi connectivity index (χ0n) is 17.1. The monoisotopic (exact) mass is 417 g/mol. The fourth-order valence-corrected chi connectivity index (χ4v) is 2.58. The number of pyridine rings is 1. The van der Waals surface area contributed by atoms with Crippen LogP contribution < -0.4 is 9.99 Å². The van der Waals surface area contributed by atoms with Crippen molar-refractivity contribution in [3.8, 4) is 0 Å². The predicted octanol–water partition coefficient (Wildman–Crippen LogP) is 2.87. The van der Waals surface area contributed by atoms with Crippen molar-refractivity contribution in [1.82, 2.24) is 5.43 Å². The van der Waals surface area contributed by atoms with Gasteiger partial charge in [0, 0.05) is 12.3 Å². The van der Waals surface area contributed by atoms with Crippen LogP contribution in [0.3, 0.4) is 0 Å². The molecule has 156 valence electrons. The smallest absolute Gasteiger partial charge is 0.277 e. The molecule has 1 aromatic heterocycles. The molecule has 8 heteroatoms. The van der Waals surface area contributed by atoms with Crippen molar-refractivity contribution in [3.63, 3.8) is 0 Å². The van der Waals surface area contributed by atoms with E-state index in [4.69, 9.17) is 0 Å². The van der Waals surface area contributed by atoms with Crippen molar-refractivity contribution in [2.24, 2.45) is 12.1 Å². The summed E-state index contributed by atoms with van der Waals surface area (Å²) in [6.45, 7) is 5.91. The molecule has 2 aromatic rings. The van der Waals surface area contributed by atoms with Gasteiger partial charge in [0.15, 0.2) is 12.4 Å². The molecule has 0 aliphatic carbocycles. The van der Waals surface area contributed by atoms with Crippen LogP contribution in [0.5, 0.6) is 0 Å². The van der Waals surface area contributed by atoms with Crippen molar-refractivity contribution in [1.29, 1.82) is 0 Å². The van der Waals surface area contributed by atoms with Gasteiger partial charge in [0.1, 0.15) is 22.7 Å². The number of amides is 1. The molecule has 0 spiro atoms. The van der Waals surface area contributed by atoms with Gasteiger partial charge in [-0.15, -0.1) is 0 Å². The highest BCUT2D eigenvalue weighted by molar-refractivity contribution is 7.85. The first kappa shape index (κ1) is 24.2. The Morgan fingerprint density at radius 3 is 2.45 bits per heavy atom. The molecule has 0 aliphatic rings. The second kappa shape index (κ2) is 11.9. The zero-order chi connectivity index (χ0) is 21.9. The molecule has 1 heterocycles. The Morgan fingerprint density at radius 2 is 1.90 bits per heavy atom. The molecule has 1 N–H and O–H groups in total. The lowest BCUT2D eigenvalue weighted by Gasteiger charge is -2.05. The third-order valence-electron chi connectivity index (χ3n) is 3.70. The number of aromatic nitrogens is 1. The summed E-state index contributed by atoms with van der Waals surface area (Å²) >= 11 is 0. The van der Waals surface area contributed by atoms with Crippen LogP contribution in [-0.4, -0.2) is 25.1 Å². The van der Waals surface area contributed by atoms with Crippen molar-refractivity contribution >= 4 is 22.2 Å². The van der Waals surface area contributed by atoms with Gasteiger partial charge in [-0.3, -0.25) is 4.79 Å². The standard InChI is InChI=1S/C14H19N3O.C7H8O3S/c1-4-5-7-12(2)10-15-16-14(18)13-8-6-9-17(3)11-13;1-6-2-4-7(5-3-6)11(8,9)10/h6-11H,4-5H2,1-3H3;2-5H,1H3,(H,8,9,10)/b12-7+,15-10-;. The van der Waals surface area contributed by atoms with Gasteiger partial charge in [-0.05, 0) is 44.0 Å². The molecule has 0 unspecified atom stereocenters. The summed E-state index contributed by atoms with van der Waals surface area (Å²) in [6.07, 6.45) is 9.52. The zero-order valence-corrected chi connectivity index (χ0v) is 17.9. The molecule has 0 saturated carbocycles. The fourth-order valence-electron chi connectivity index (χ4n) is 2.11. The number of benzene rings is 1. The first-order valence-electron chi connectivity index (χ1n) is 9.11. The average Bonchev–Trinajstić information content (AvgIpc) is 2.66. The van der Waals surface area contributed by atoms with Gasteiger partial charge >= 0.3 is 0 Å². The van der Waals surface area contributed by atoms with Crippen LogP contribution in [0.2, 0.25) is 0 Å². The summed E-state index contributed by atoms with van der Waals surface area (Å²) in [7, 11) is -2.40. The summed E-state index contributed by atoms with van der Waals surface area (Å²) in [5.74, 6) is -0.203. The lowest BCUT2D eigenvalue weighted by Crippen LogP contribution is -2.29. The van der Waals surface area contributed by atoms with E-state index in [0.29, 0.717) is 5.56 Å². The quantitative estimate of drug-likeness (QED) is 0.338. The van der Waals surface area contributed by atoms with E-state index >= 15 is 0 Å². The van der Waals surface area contributed by atoms with E-state index in [1.165, 1.54) is 12.1 Å². The maximum absolute atomic E-state index is 11.7. The number of hydrogen-bond acceptors (Lipinski definition) is 5. The van der Waals surface area contributed by atoms with Crippen molar-refractivity contribution in [3.05, 3.63) is 71.6 Å². The molecule has 0 atom stereocenters. The highest BCUT2D eigenvalue weighted by atomic mass is 32.2. The second-order valence-electron chi connectivity index (χ2n) is 6.46. The van der Waals surface area contributed by atoms with E-state index in [0.717, 1.165) is 24.0 Å². The van der Waals surface area contributed by atoms with E-state index in [2.05, 4.69) is 23.5 Å². The van der Waals surface area contributed by atoms with E-state index in [9.17, 15) is 17.8 Å². The van der Waals surface area contributed by atoms with Crippen LogP contribution in [-0.2, 0) is 17.2 Å². The molecule has 1 amide bonds. The molecular weight excluding hydrogens is 390 g/mol. The number of unbranched alkanes of at least 4 members (excludes halogenated alkanes) is 1. The molecule has 0 radical (unpaired) electrons. The third kappa shape index (κ3) is 9.77. The molecule has 1 aromatic carbocycles. The third-order valence-corrected chi connectivity index (χ3v) is 4.55. The number of hydrogen-bond donors (Lipinski definition) is 1. The minimum atomic E-state index is -4.27. The number of aryl methyl sites for hydroxylation is 2. The summed E-state index contributed by atoms with van der Waals surface area (Å²) < 4.78 is 33.0. The lowest BCUT2D eigenvalue weighted by molar-refractivity contribution is -0.671. The first-order valence-corrected chi connectivity index (χ1v) is 10.5. The molecule has 0 bridgehead atoms. The number of allylic oxidation sites excluding steroid dienone is 2. The normalized spacial score (nSPS) is 11.7. The molecule has 0 saturated heterocycles. The van der Waals surface area contributed by atoms with Crippen LogP contribution in [0, 0.1) is 6.92 Å². The first-order chi connectivity index (χ1) is 13.6. The van der Waals surface area contributed by atoms with Gasteiger partial charge in [0.05, 0.1) is 4.90 Å². The molecule has 0 fully saturated rings. The Morgan fingerprint density at radius 1 is 1.24 bits per heavy atom. The summed E-state index contributed by atoms with van der Waals surface area (Å²) in [5, 5.41) is 3.93. The van der Waals surface area contributed by atoms with Crippen LogP contribution >= 0.6 is 0 Å². The summed E-state index contributed by atoms with van der Waals surface area (Å²) in [5.41, 5.74) is 5.08. The lowest BCUT2D eigenvalue weighted by atomic mass is 10.2. The summed E-state index contributed by atoms with van der Waals surface area (Å²) in [4.78, 5) is 11.6. The topological polar surface area (TPSA) is 103 Å². The Kier molecular flexibility index (Phi) is 9.91. The molecule has 2 rings (SSSR count). The van der Waals surface area contributed by atoms with Crippen molar-refractivity contribution in [2.45, 2.75) is 38.5 Å². The number of nitrogens with zero attached hydrogens (tertiary/aromatic N) is 2. The maximum Gasteiger partial charge on any atom is 0.277 e. The Labute approximate surface area is 172 Å². The van der Waals surface area contributed by atoms with Gasteiger partial charge in [-0.25, -0.2) is 18.4 Å². The maximum atomic E-state index is 11.7. The van der Waals surface area contributed by atoms with Crippen molar-refractivity contribution in [2.75, 3.05) is 0 Å². The van der Waals surface area contributed by atoms with E-state index in [1.807, 2.05) is 37.7 Å². The number of carbonyl (C=O) groups excluding carboxylic acids is 1. The average molecular weight is 418 g/mol. The van der Waals surface area contributed by atoms with E-state index in [1.54, 1.807) is 30.6 Å². The second-order valence-corrected chi connectivity index (χ2v) is 7.84. The summed E-state index contributed by atoms with van der Waals surface area (Å²) in [6, 6.07) is 9.36. The highest BCUT2D eigenvalue weighted by Gasteiger charge is 2.07. The van der Waals surface area contributed by atoms with Crippen molar-refractivity contribution < 1.29 is 22.3 Å². The van der Waals surface area contributed by atoms with E-state index in [-0.39, 0.29) is 10.8 Å². The van der Waals surface area contributed by atoms with Gasteiger partial charge in [0.2, 0.25) is 0 Å². The minimum Gasteiger partial charge on any atom is -0.744 e. The van der Waals surface area contributed by atoms with Gasteiger partial charge in [-0.2, -0.15) is 5.10 Å². The number of rotatable bonds is 6. The largest absolute Gasteiger partial charge is 0.744 e. The van der Waals surface area contributed by atoms with Crippen LogP contribution in [0.15, 0.2) is 70.4 Å². The van der Waals surface area contributed by atoms with Crippen LogP contribution in [0.1, 0.15) is 42.6 Å². The minimum absolute atomic E-state index is 0.178. The molecular formula is C21H27N3O4S. The van der Waals surface area contributed by atoms with Gasteiger partial charge in [0.25, 0.3) is 5.91 Å². The number of nitrogens with one attached hydrogen (secondary N) is 1. The van der Waals surface area contributed by atoms with Crippen LogP contribution in [0.25, 0.3) is 0 Å². The molecule has 29 heavy (non-hydrogen) atoms.